The van der Waals surface area contributed by atoms with Gasteiger partial charge in [0.25, 0.3) is 0 Å². The highest BCUT2D eigenvalue weighted by atomic mass is 35.5. The van der Waals surface area contributed by atoms with Crippen molar-refractivity contribution in [3.63, 3.8) is 0 Å². The molecular formula is C14H23ClN6. The van der Waals surface area contributed by atoms with E-state index in [2.05, 4.69) is 43.6 Å². The molecule has 0 radical (unpaired) electrons. The first-order chi connectivity index (χ1) is 10.1. The van der Waals surface area contributed by atoms with E-state index in [-0.39, 0.29) is 0 Å². The second-order valence-corrected chi connectivity index (χ2v) is 6.39. The molecule has 0 amide bonds. The van der Waals surface area contributed by atoms with Gasteiger partial charge < -0.3 is 14.7 Å². The highest BCUT2D eigenvalue weighted by Crippen LogP contribution is 2.22. The van der Waals surface area contributed by atoms with Crippen molar-refractivity contribution in [1.82, 2.24) is 19.9 Å². The van der Waals surface area contributed by atoms with Gasteiger partial charge in [0.15, 0.2) is 0 Å². The monoisotopic (exact) mass is 310 g/mol. The highest BCUT2D eigenvalue weighted by molar-refractivity contribution is 6.28. The number of hydrogen-bond donors (Lipinski definition) is 0. The maximum absolute atomic E-state index is 6.14. The van der Waals surface area contributed by atoms with Gasteiger partial charge in [-0.05, 0) is 44.8 Å². The molecule has 21 heavy (non-hydrogen) atoms. The number of hydrogen-bond acceptors (Lipinski definition) is 6. The van der Waals surface area contributed by atoms with Crippen LogP contribution >= 0.6 is 11.6 Å². The van der Waals surface area contributed by atoms with Crippen LogP contribution in [0.5, 0.6) is 0 Å². The van der Waals surface area contributed by atoms with Crippen LogP contribution in [0, 0.1) is 0 Å². The van der Waals surface area contributed by atoms with Crippen molar-refractivity contribution in [2.45, 2.75) is 32.2 Å². The predicted molar refractivity (Wildman–Crippen MR) is 85.2 cm³/mol. The lowest BCUT2D eigenvalue weighted by atomic mass is 10.1. The molecule has 2 aliphatic rings. The first-order valence-corrected chi connectivity index (χ1v) is 8.13. The van der Waals surface area contributed by atoms with Crippen molar-refractivity contribution in [3.8, 4) is 0 Å². The van der Waals surface area contributed by atoms with Gasteiger partial charge in [-0.1, -0.05) is 0 Å². The summed E-state index contributed by atoms with van der Waals surface area (Å²) in [4.78, 5) is 20.1. The molecule has 3 heterocycles. The fourth-order valence-corrected chi connectivity index (χ4v) is 3.28. The number of piperazine rings is 1. The number of anilines is 2. The maximum Gasteiger partial charge on any atom is 0.231 e. The molecule has 1 aromatic heterocycles. The largest absolute Gasteiger partial charge is 0.341 e. The van der Waals surface area contributed by atoms with Crippen LogP contribution in [0.2, 0.25) is 5.28 Å². The number of rotatable bonds is 2. The van der Waals surface area contributed by atoms with Gasteiger partial charge in [-0.3, -0.25) is 0 Å². The number of piperidine rings is 1. The number of nitrogens with zero attached hydrogens (tertiary/aromatic N) is 6. The average molecular weight is 311 g/mol. The molecule has 0 aliphatic carbocycles. The summed E-state index contributed by atoms with van der Waals surface area (Å²) < 4.78 is 0. The molecule has 2 saturated heterocycles. The van der Waals surface area contributed by atoms with Crippen molar-refractivity contribution >= 4 is 23.5 Å². The van der Waals surface area contributed by atoms with Gasteiger partial charge in [0, 0.05) is 38.8 Å². The Bertz CT molecular complexity index is 490. The summed E-state index contributed by atoms with van der Waals surface area (Å²) in [5.74, 6) is 1.45. The summed E-state index contributed by atoms with van der Waals surface area (Å²) in [6, 6.07) is 0.386. The minimum absolute atomic E-state index is 0.298. The molecule has 0 saturated carbocycles. The molecule has 116 valence electrons. The first kappa shape index (κ1) is 14.8. The minimum atomic E-state index is 0.298. The fourth-order valence-electron chi connectivity index (χ4n) is 3.13. The Morgan fingerprint density at radius 1 is 0.952 bits per heavy atom. The van der Waals surface area contributed by atoms with E-state index in [1.165, 1.54) is 19.3 Å². The molecule has 1 atom stereocenters. The fraction of sp³-hybridized carbons (Fsp3) is 0.786. The number of likely N-dealkylation sites (N-methyl/N-ethyl adjacent to an activating group) is 1. The molecule has 7 heteroatoms. The van der Waals surface area contributed by atoms with Crippen molar-refractivity contribution in [3.05, 3.63) is 5.28 Å². The summed E-state index contributed by atoms with van der Waals surface area (Å²) in [6.45, 7) is 7.19. The molecular weight excluding hydrogens is 288 g/mol. The topological polar surface area (TPSA) is 48.4 Å². The first-order valence-electron chi connectivity index (χ1n) is 7.75. The van der Waals surface area contributed by atoms with Crippen LogP contribution in [0.4, 0.5) is 11.9 Å². The molecule has 3 rings (SSSR count). The molecule has 1 aromatic rings. The van der Waals surface area contributed by atoms with Crippen LogP contribution < -0.4 is 9.80 Å². The summed E-state index contributed by atoms with van der Waals surface area (Å²) in [7, 11) is 2.15. The Hall–Kier alpha value is -1.14. The van der Waals surface area contributed by atoms with E-state index in [9.17, 15) is 0 Å². The Labute approximate surface area is 131 Å². The molecule has 0 spiro atoms. The van der Waals surface area contributed by atoms with E-state index in [0.717, 1.165) is 44.6 Å². The third-order valence-corrected chi connectivity index (χ3v) is 4.48. The summed E-state index contributed by atoms with van der Waals surface area (Å²) in [6.07, 6.45) is 3.69. The molecule has 2 aliphatic heterocycles. The maximum atomic E-state index is 6.14. The predicted octanol–water partition coefficient (Wildman–Crippen LogP) is 1.66. The second-order valence-electron chi connectivity index (χ2n) is 6.06. The van der Waals surface area contributed by atoms with Crippen molar-refractivity contribution in [1.29, 1.82) is 0 Å². The summed E-state index contributed by atoms with van der Waals surface area (Å²) in [5.41, 5.74) is 0. The Balaban J connectivity index is 1.83. The smallest absolute Gasteiger partial charge is 0.231 e. The zero-order chi connectivity index (χ0) is 14.8. The lowest BCUT2D eigenvalue weighted by molar-refractivity contribution is 0.273. The van der Waals surface area contributed by atoms with Gasteiger partial charge in [-0.25, -0.2) is 0 Å². The van der Waals surface area contributed by atoms with Gasteiger partial charge in [0.2, 0.25) is 17.2 Å². The highest BCUT2D eigenvalue weighted by Gasteiger charge is 2.25. The number of aromatic nitrogens is 3. The summed E-state index contributed by atoms with van der Waals surface area (Å²) in [5, 5.41) is 0.298. The van der Waals surface area contributed by atoms with Crippen LogP contribution in [-0.4, -0.2) is 65.7 Å². The quantitative estimate of drug-likeness (QED) is 0.828. The molecule has 0 aromatic carbocycles. The van der Waals surface area contributed by atoms with Crippen LogP contribution in [0.1, 0.15) is 26.2 Å². The molecule has 2 fully saturated rings. The standard InChI is InChI=1S/C14H23ClN6/c1-11-10-19(2)8-9-21(11)14-17-12(15)16-13(18-14)20-6-4-3-5-7-20/h11H,3-10H2,1-2H3. The van der Waals surface area contributed by atoms with E-state index >= 15 is 0 Å². The van der Waals surface area contributed by atoms with E-state index in [4.69, 9.17) is 11.6 Å². The van der Waals surface area contributed by atoms with Crippen molar-refractivity contribution in [2.75, 3.05) is 49.6 Å². The van der Waals surface area contributed by atoms with E-state index < -0.39 is 0 Å². The van der Waals surface area contributed by atoms with Gasteiger partial charge in [0.05, 0.1) is 0 Å². The van der Waals surface area contributed by atoms with Gasteiger partial charge in [0.1, 0.15) is 0 Å². The molecule has 6 nitrogen and oxygen atoms in total. The lowest BCUT2D eigenvalue weighted by Gasteiger charge is -2.38. The molecule has 0 N–H and O–H groups in total. The SMILES string of the molecule is CC1CN(C)CCN1c1nc(Cl)nc(N2CCCCC2)n1. The Kier molecular flexibility index (Phi) is 4.45. The Morgan fingerprint density at radius 3 is 2.38 bits per heavy atom. The van der Waals surface area contributed by atoms with Gasteiger partial charge in [-0.2, -0.15) is 15.0 Å². The van der Waals surface area contributed by atoms with Crippen LogP contribution in [0.15, 0.2) is 0 Å². The van der Waals surface area contributed by atoms with Gasteiger partial charge >= 0.3 is 0 Å². The van der Waals surface area contributed by atoms with Crippen LogP contribution in [0.3, 0.4) is 0 Å². The van der Waals surface area contributed by atoms with Crippen molar-refractivity contribution in [2.24, 2.45) is 0 Å². The third-order valence-electron chi connectivity index (χ3n) is 4.31. The van der Waals surface area contributed by atoms with Crippen LogP contribution in [0.25, 0.3) is 0 Å². The normalized spacial score (nSPS) is 24.4. The number of halogens is 1. The Morgan fingerprint density at radius 2 is 1.67 bits per heavy atom. The molecule has 0 bridgehead atoms. The zero-order valence-electron chi connectivity index (χ0n) is 12.8. The van der Waals surface area contributed by atoms with Crippen molar-refractivity contribution < 1.29 is 0 Å². The second kappa shape index (κ2) is 6.32. The van der Waals surface area contributed by atoms with Gasteiger partial charge in [-0.15, -0.1) is 0 Å². The average Bonchev–Trinajstić information content (AvgIpc) is 2.47. The van der Waals surface area contributed by atoms with E-state index in [1.807, 2.05) is 0 Å². The minimum Gasteiger partial charge on any atom is -0.341 e. The zero-order valence-corrected chi connectivity index (χ0v) is 13.6. The van der Waals surface area contributed by atoms with Crippen LogP contribution in [-0.2, 0) is 0 Å². The third kappa shape index (κ3) is 3.37. The molecule has 1 unspecified atom stereocenters. The summed E-state index contributed by atoms with van der Waals surface area (Å²) >= 11 is 6.14. The van der Waals surface area contributed by atoms with E-state index in [1.54, 1.807) is 0 Å². The lowest BCUT2D eigenvalue weighted by Crippen LogP contribution is -2.51. The van der Waals surface area contributed by atoms with E-state index in [0.29, 0.717) is 11.3 Å².